The van der Waals surface area contributed by atoms with E-state index < -0.39 is 12.8 Å². The van der Waals surface area contributed by atoms with Crippen LogP contribution in [0, 0.1) is 13.8 Å². The average Bonchev–Trinajstić information content (AvgIpc) is 2.19. The zero-order valence-electron chi connectivity index (χ0n) is 8.20. The maximum atomic E-state index is 12.0. The van der Waals surface area contributed by atoms with Crippen LogP contribution in [0.2, 0.25) is 0 Å². The molecule has 1 N–H and O–H groups in total. The minimum Gasteiger partial charge on any atom is -0.389 e. The van der Waals surface area contributed by atoms with Crippen molar-refractivity contribution in [2.45, 2.75) is 26.5 Å². The smallest absolute Gasteiger partial charge is 0.256 e. The van der Waals surface area contributed by atoms with E-state index in [1.54, 1.807) is 13.8 Å². The molecule has 5 heteroatoms. The van der Waals surface area contributed by atoms with Gasteiger partial charge >= 0.3 is 0 Å². The molecule has 0 saturated carbocycles. The number of aliphatic hydroxyl groups excluding tert-OH is 1. The zero-order valence-corrected chi connectivity index (χ0v) is 8.20. The second-order valence-electron chi connectivity index (χ2n) is 3.22. The molecule has 0 fully saturated rings. The second-order valence-corrected chi connectivity index (χ2v) is 3.22. The molecule has 0 saturated heterocycles. The lowest BCUT2D eigenvalue weighted by Crippen LogP contribution is -2.29. The molecule has 0 aliphatic heterocycles. The molecular weight excluding hydrogens is 187 g/mol. The first kappa shape index (κ1) is 10.8. The van der Waals surface area contributed by atoms with Crippen LogP contribution in [0.15, 0.2) is 11.1 Å². The summed E-state index contributed by atoms with van der Waals surface area (Å²) < 4.78 is 13.2. The number of halogens is 1. The predicted molar refractivity (Wildman–Crippen MR) is 50.0 cm³/mol. The Hall–Kier alpha value is -1.23. The highest BCUT2D eigenvalue weighted by molar-refractivity contribution is 5.12. The van der Waals surface area contributed by atoms with Gasteiger partial charge in [-0.2, -0.15) is 0 Å². The highest BCUT2D eigenvalue weighted by atomic mass is 19.1. The molecule has 0 amide bonds. The van der Waals surface area contributed by atoms with Crippen molar-refractivity contribution in [3.63, 3.8) is 0 Å². The van der Waals surface area contributed by atoms with Crippen molar-refractivity contribution in [1.29, 1.82) is 0 Å². The Balaban J connectivity index is 3.00. The second kappa shape index (κ2) is 4.32. The van der Waals surface area contributed by atoms with E-state index in [0.717, 1.165) is 0 Å². The monoisotopic (exact) mass is 200 g/mol. The Kier molecular flexibility index (Phi) is 3.35. The SMILES string of the molecule is Cc1ncn(CC(O)CF)c(=O)c1C. The molecule has 1 unspecified atom stereocenters. The number of alkyl halides is 1. The van der Waals surface area contributed by atoms with Crippen molar-refractivity contribution in [2.75, 3.05) is 6.67 Å². The van der Waals surface area contributed by atoms with E-state index in [9.17, 15) is 9.18 Å². The Morgan fingerprint density at radius 3 is 2.86 bits per heavy atom. The molecule has 14 heavy (non-hydrogen) atoms. The first-order valence-corrected chi connectivity index (χ1v) is 4.33. The van der Waals surface area contributed by atoms with Crippen LogP contribution in [0.5, 0.6) is 0 Å². The van der Waals surface area contributed by atoms with Gasteiger partial charge in [0.05, 0.1) is 12.9 Å². The zero-order chi connectivity index (χ0) is 10.7. The summed E-state index contributed by atoms with van der Waals surface area (Å²) in [7, 11) is 0. The molecule has 0 spiro atoms. The van der Waals surface area contributed by atoms with Crippen LogP contribution in [0.3, 0.4) is 0 Å². The van der Waals surface area contributed by atoms with E-state index in [1.807, 2.05) is 0 Å². The van der Waals surface area contributed by atoms with Gasteiger partial charge in [0.1, 0.15) is 12.8 Å². The van der Waals surface area contributed by atoms with E-state index >= 15 is 0 Å². The molecule has 0 aromatic carbocycles. The molecule has 0 aliphatic rings. The Labute approximate surface area is 81.0 Å². The topological polar surface area (TPSA) is 55.1 Å². The van der Waals surface area contributed by atoms with Gasteiger partial charge in [-0.05, 0) is 13.8 Å². The lowest BCUT2D eigenvalue weighted by Gasteiger charge is -2.09. The predicted octanol–water partition coefficient (Wildman–Crippen LogP) is 0.191. The molecule has 1 atom stereocenters. The highest BCUT2D eigenvalue weighted by Gasteiger charge is 2.08. The summed E-state index contributed by atoms with van der Waals surface area (Å²) in [5, 5.41) is 9.03. The molecule has 0 radical (unpaired) electrons. The van der Waals surface area contributed by atoms with Gasteiger partial charge in [0.15, 0.2) is 0 Å². The fourth-order valence-corrected chi connectivity index (χ4v) is 1.08. The third-order valence-corrected chi connectivity index (χ3v) is 2.10. The van der Waals surface area contributed by atoms with E-state index in [0.29, 0.717) is 11.3 Å². The van der Waals surface area contributed by atoms with Crippen LogP contribution < -0.4 is 5.56 Å². The summed E-state index contributed by atoms with van der Waals surface area (Å²) in [5.41, 5.74) is 0.949. The van der Waals surface area contributed by atoms with Crippen LogP contribution in [0.4, 0.5) is 4.39 Å². The highest BCUT2D eigenvalue weighted by Crippen LogP contribution is 1.96. The number of hydrogen-bond donors (Lipinski definition) is 1. The minimum absolute atomic E-state index is 0.0521. The number of nitrogens with zero attached hydrogens (tertiary/aromatic N) is 2. The Morgan fingerprint density at radius 2 is 2.29 bits per heavy atom. The Bertz CT molecular complexity index is 376. The van der Waals surface area contributed by atoms with Gasteiger partial charge in [0, 0.05) is 11.3 Å². The van der Waals surface area contributed by atoms with Crippen molar-refractivity contribution in [3.05, 3.63) is 27.9 Å². The maximum absolute atomic E-state index is 12.0. The van der Waals surface area contributed by atoms with Crippen LogP contribution in [0.1, 0.15) is 11.3 Å². The third-order valence-electron chi connectivity index (χ3n) is 2.10. The summed E-state index contributed by atoms with van der Waals surface area (Å²) in [6.07, 6.45) is 0.181. The molecule has 1 aromatic rings. The fourth-order valence-electron chi connectivity index (χ4n) is 1.08. The quantitative estimate of drug-likeness (QED) is 0.757. The van der Waals surface area contributed by atoms with Crippen LogP contribution in [-0.4, -0.2) is 27.4 Å². The minimum atomic E-state index is -1.14. The summed E-state index contributed by atoms with van der Waals surface area (Å²) in [4.78, 5) is 15.5. The van der Waals surface area contributed by atoms with Gasteiger partial charge in [-0.15, -0.1) is 0 Å². The molecular formula is C9H13FN2O2. The molecule has 1 heterocycles. The van der Waals surface area contributed by atoms with Crippen LogP contribution >= 0.6 is 0 Å². The third kappa shape index (κ3) is 2.17. The van der Waals surface area contributed by atoms with Crippen LogP contribution in [-0.2, 0) is 6.54 Å². The Morgan fingerprint density at radius 1 is 1.64 bits per heavy atom. The molecule has 4 nitrogen and oxygen atoms in total. The van der Waals surface area contributed by atoms with Crippen LogP contribution in [0.25, 0.3) is 0 Å². The standard InChI is InChI=1S/C9H13FN2O2/c1-6-7(2)11-5-12(9(6)14)4-8(13)3-10/h5,8,13H,3-4H2,1-2H3. The van der Waals surface area contributed by atoms with Gasteiger partial charge in [-0.25, -0.2) is 9.37 Å². The first-order valence-electron chi connectivity index (χ1n) is 4.33. The van der Waals surface area contributed by atoms with E-state index in [2.05, 4.69) is 4.98 Å². The normalized spacial score (nSPS) is 12.9. The lowest BCUT2D eigenvalue weighted by molar-refractivity contribution is 0.120. The van der Waals surface area contributed by atoms with Crippen molar-refractivity contribution >= 4 is 0 Å². The largest absolute Gasteiger partial charge is 0.389 e. The molecule has 0 bridgehead atoms. The molecule has 1 rings (SSSR count). The number of aromatic nitrogens is 2. The van der Waals surface area contributed by atoms with Gasteiger partial charge in [-0.3, -0.25) is 9.36 Å². The van der Waals surface area contributed by atoms with E-state index in [-0.39, 0.29) is 12.1 Å². The van der Waals surface area contributed by atoms with E-state index in [1.165, 1.54) is 10.9 Å². The maximum Gasteiger partial charge on any atom is 0.256 e. The van der Waals surface area contributed by atoms with Gasteiger partial charge in [-0.1, -0.05) is 0 Å². The summed E-state index contributed by atoms with van der Waals surface area (Å²) in [6.45, 7) is 2.47. The van der Waals surface area contributed by atoms with Crippen molar-refractivity contribution in [2.24, 2.45) is 0 Å². The average molecular weight is 200 g/mol. The van der Waals surface area contributed by atoms with Gasteiger partial charge < -0.3 is 5.11 Å². The fraction of sp³-hybridized carbons (Fsp3) is 0.556. The summed E-state index contributed by atoms with van der Waals surface area (Å²) in [5.74, 6) is 0. The number of aryl methyl sites for hydroxylation is 1. The summed E-state index contributed by atoms with van der Waals surface area (Å²) in [6, 6.07) is 0. The van der Waals surface area contributed by atoms with Gasteiger partial charge in [0.25, 0.3) is 5.56 Å². The van der Waals surface area contributed by atoms with E-state index in [4.69, 9.17) is 5.11 Å². The number of hydrogen-bond acceptors (Lipinski definition) is 3. The lowest BCUT2D eigenvalue weighted by atomic mass is 10.2. The number of rotatable bonds is 3. The summed E-state index contributed by atoms with van der Waals surface area (Å²) >= 11 is 0. The first-order chi connectivity index (χ1) is 6.56. The molecule has 78 valence electrons. The van der Waals surface area contributed by atoms with Crippen molar-refractivity contribution in [3.8, 4) is 0 Å². The molecule has 1 aromatic heterocycles. The van der Waals surface area contributed by atoms with Gasteiger partial charge in [0.2, 0.25) is 0 Å². The number of aliphatic hydroxyl groups is 1. The van der Waals surface area contributed by atoms with Crippen molar-refractivity contribution in [1.82, 2.24) is 9.55 Å². The molecule has 0 aliphatic carbocycles. The van der Waals surface area contributed by atoms with Crippen molar-refractivity contribution < 1.29 is 9.50 Å².